The lowest BCUT2D eigenvalue weighted by Crippen LogP contribution is -2.07. The minimum absolute atomic E-state index is 0.0364. The zero-order valence-electron chi connectivity index (χ0n) is 16.7. The number of esters is 1. The van der Waals surface area contributed by atoms with Crippen LogP contribution in [0.2, 0.25) is 0 Å². The van der Waals surface area contributed by atoms with Crippen LogP contribution in [-0.4, -0.2) is 12.6 Å². The van der Waals surface area contributed by atoms with Crippen molar-refractivity contribution in [3.63, 3.8) is 0 Å². The van der Waals surface area contributed by atoms with E-state index in [1.165, 1.54) is 57.4 Å². The predicted octanol–water partition coefficient (Wildman–Crippen LogP) is 6.61. The number of hydrogen-bond acceptors (Lipinski definition) is 3. The molecule has 0 radical (unpaired) electrons. The molecule has 0 aliphatic carbocycles. The Morgan fingerprint density at radius 2 is 1.56 bits per heavy atom. The summed E-state index contributed by atoms with van der Waals surface area (Å²) in [5.41, 5.74) is 1.05. The van der Waals surface area contributed by atoms with E-state index in [9.17, 15) is 4.79 Å². The van der Waals surface area contributed by atoms with Gasteiger partial charge in [-0.1, -0.05) is 107 Å². The molecule has 0 spiro atoms. The Morgan fingerprint density at radius 1 is 0.963 bits per heavy atom. The lowest BCUT2D eigenvalue weighted by molar-refractivity contribution is -0.138. The first-order chi connectivity index (χ1) is 13.3. The summed E-state index contributed by atoms with van der Waals surface area (Å²) in [5.74, 6) is -0.536. The largest absolute Gasteiger partial charge is 0.462 e. The quantitative estimate of drug-likeness (QED) is 0.122. The highest BCUT2D eigenvalue weighted by Gasteiger charge is 2.08. The summed E-state index contributed by atoms with van der Waals surface area (Å²) in [6, 6.07) is 11.7. The first kappa shape index (κ1) is 22.7. The summed E-state index contributed by atoms with van der Waals surface area (Å²) >= 11 is 0. The van der Waals surface area contributed by atoms with Gasteiger partial charge in [-0.2, -0.15) is 5.26 Å². The van der Waals surface area contributed by atoms with E-state index < -0.39 is 5.97 Å². The lowest BCUT2D eigenvalue weighted by atomic mass is 10.1. The first-order valence-electron chi connectivity index (χ1n) is 10.3. The molecule has 0 N–H and O–H groups in total. The van der Waals surface area contributed by atoms with Crippen molar-refractivity contribution in [2.24, 2.45) is 0 Å². The molecule has 0 heterocycles. The van der Waals surface area contributed by atoms with E-state index >= 15 is 0 Å². The highest BCUT2D eigenvalue weighted by molar-refractivity contribution is 5.93. The molecule has 0 aliphatic heterocycles. The highest BCUT2D eigenvalue weighted by atomic mass is 16.5. The van der Waals surface area contributed by atoms with Gasteiger partial charge in [0.2, 0.25) is 0 Å². The lowest BCUT2D eigenvalue weighted by Gasteiger charge is -2.04. The molecule has 0 saturated carbocycles. The number of hydrogen-bond donors (Lipinski definition) is 0. The smallest absolute Gasteiger partial charge is 0.348 e. The highest BCUT2D eigenvalue weighted by Crippen LogP contribution is 2.11. The van der Waals surface area contributed by atoms with E-state index in [0.717, 1.165) is 18.4 Å². The minimum atomic E-state index is -0.536. The molecule has 0 aromatic heterocycles. The molecule has 0 saturated heterocycles. The van der Waals surface area contributed by atoms with Crippen molar-refractivity contribution in [3.05, 3.63) is 53.6 Å². The van der Waals surface area contributed by atoms with Crippen LogP contribution in [0.1, 0.15) is 76.7 Å². The van der Waals surface area contributed by atoms with Crippen molar-refractivity contribution in [2.45, 2.75) is 71.1 Å². The van der Waals surface area contributed by atoms with Gasteiger partial charge in [0.05, 0.1) is 6.61 Å². The van der Waals surface area contributed by atoms with Gasteiger partial charge in [0, 0.05) is 0 Å². The molecule has 27 heavy (non-hydrogen) atoms. The number of unbranched alkanes of at least 4 members (excludes halogenated alkanes) is 9. The van der Waals surface area contributed by atoms with E-state index in [0.29, 0.717) is 6.61 Å². The van der Waals surface area contributed by atoms with Gasteiger partial charge >= 0.3 is 5.97 Å². The topological polar surface area (TPSA) is 50.1 Å². The molecular weight excluding hydrogens is 334 g/mol. The van der Waals surface area contributed by atoms with E-state index in [4.69, 9.17) is 10.00 Å². The Morgan fingerprint density at radius 3 is 2.15 bits per heavy atom. The number of carbonyl (C=O) groups excluding carboxylic acids is 1. The number of benzene rings is 1. The molecule has 0 bridgehead atoms. The molecule has 1 aromatic rings. The zero-order chi connectivity index (χ0) is 19.6. The minimum Gasteiger partial charge on any atom is -0.462 e. The third-order valence-corrected chi connectivity index (χ3v) is 4.42. The summed E-state index contributed by atoms with van der Waals surface area (Å²) in [7, 11) is 0. The van der Waals surface area contributed by atoms with E-state index in [-0.39, 0.29) is 5.57 Å². The monoisotopic (exact) mass is 367 g/mol. The molecule has 0 aliphatic rings. The number of nitrogens with zero attached hydrogens (tertiary/aromatic N) is 1. The Balaban J connectivity index is 2.13. The van der Waals surface area contributed by atoms with Crippen LogP contribution in [0.3, 0.4) is 0 Å². The number of ether oxygens (including phenoxy) is 1. The van der Waals surface area contributed by atoms with Crippen molar-refractivity contribution in [1.82, 2.24) is 0 Å². The van der Waals surface area contributed by atoms with Gasteiger partial charge in [0.25, 0.3) is 0 Å². The Hall–Kier alpha value is -2.34. The molecule has 0 atom stereocenters. The Labute approximate surface area is 164 Å². The standard InChI is InChI=1S/C24H33NO2/c1-2-3-4-5-6-7-8-9-10-14-20-27-24(26)23(21-25)19-15-18-22-16-12-11-13-17-22/h11-13,15-19H,2-10,14,20H2,1H3. The summed E-state index contributed by atoms with van der Waals surface area (Å²) in [6.07, 6.45) is 17.4. The van der Waals surface area contributed by atoms with Crippen LogP contribution in [0.25, 0.3) is 6.08 Å². The van der Waals surface area contributed by atoms with Crippen molar-refractivity contribution in [2.75, 3.05) is 6.61 Å². The van der Waals surface area contributed by atoms with Crippen LogP contribution < -0.4 is 0 Å². The first-order valence-corrected chi connectivity index (χ1v) is 10.3. The molecule has 1 aromatic carbocycles. The van der Waals surface area contributed by atoms with E-state index in [1.54, 1.807) is 6.08 Å². The molecule has 0 amide bonds. The van der Waals surface area contributed by atoms with Crippen molar-refractivity contribution in [3.8, 4) is 6.07 Å². The maximum atomic E-state index is 11.9. The maximum absolute atomic E-state index is 11.9. The Kier molecular flexibility index (Phi) is 13.4. The molecule has 1 rings (SSSR count). The van der Waals surface area contributed by atoms with Crippen LogP contribution in [0, 0.1) is 11.3 Å². The van der Waals surface area contributed by atoms with Gasteiger partial charge < -0.3 is 4.74 Å². The molecule has 3 heteroatoms. The van der Waals surface area contributed by atoms with Crippen molar-refractivity contribution < 1.29 is 9.53 Å². The average Bonchev–Trinajstić information content (AvgIpc) is 2.70. The number of rotatable bonds is 14. The van der Waals surface area contributed by atoms with Gasteiger partial charge in [0.1, 0.15) is 11.6 Å². The number of nitriles is 1. The third-order valence-electron chi connectivity index (χ3n) is 4.42. The number of carbonyl (C=O) groups is 1. The summed E-state index contributed by atoms with van der Waals surface area (Å²) in [6.45, 7) is 2.63. The van der Waals surface area contributed by atoms with E-state index in [1.807, 2.05) is 42.5 Å². The second-order valence-corrected chi connectivity index (χ2v) is 6.78. The molecule has 0 unspecified atom stereocenters. The predicted molar refractivity (Wildman–Crippen MR) is 112 cm³/mol. The Bertz CT molecular complexity index is 611. The molecule has 146 valence electrons. The normalized spacial score (nSPS) is 11.5. The van der Waals surface area contributed by atoms with Crippen molar-refractivity contribution in [1.29, 1.82) is 5.26 Å². The third kappa shape index (κ3) is 11.8. The van der Waals surface area contributed by atoms with Crippen LogP contribution in [0.15, 0.2) is 48.1 Å². The van der Waals surface area contributed by atoms with Gasteiger partial charge in [-0.05, 0) is 18.1 Å². The van der Waals surface area contributed by atoms with Crippen LogP contribution >= 0.6 is 0 Å². The van der Waals surface area contributed by atoms with Crippen LogP contribution in [0.5, 0.6) is 0 Å². The fraction of sp³-hybridized carbons (Fsp3) is 0.500. The van der Waals surface area contributed by atoms with Gasteiger partial charge in [-0.15, -0.1) is 0 Å². The number of allylic oxidation sites excluding steroid dienone is 2. The fourth-order valence-corrected chi connectivity index (χ4v) is 2.80. The van der Waals surface area contributed by atoms with Crippen LogP contribution in [0.4, 0.5) is 0 Å². The van der Waals surface area contributed by atoms with Crippen molar-refractivity contribution >= 4 is 12.0 Å². The zero-order valence-corrected chi connectivity index (χ0v) is 16.7. The summed E-state index contributed by atoms with van der Waals surface area (Å²) in [4.78, 5) is 11.9. The second-order valence-electron chi connectivity index (χ2n) is 6.78. The fourth-order valence-electron chi connectivity index (χ4n) is 2.80. The summed E-state index contributed by atoms with van der Waals surface area (Å²) < 4.78 is 5.21. The van der Waals surface area contributed by atoms with Gasteiger partial charge in [-0.25, -0.2) is 4.79 Å². The molecule has 0 fully saturated rings. The van der Waals surface area contributed by atoms with Gasteiger partial charge in [0.15, 0.2) is 0 Å². The SMILES string of the molecule is CCCCCCCCCCCCOC(=O)C(C#N)=CC=Cc1ccccc1. The average molecular weight is 368 g/mol. The molecule has 3 nitrogen and oxygen atoms in total. The van der Waals surface area contributed by atoms with Gasteiger partial charge in [-0.3, -0.25) is 0 Å². The summed E-state index contributed by atoms with van der Waals surface area (Å²) in [5, 5.41) is 9.12. The van der Waals surface area contributed by atoms with Crippen LogP contribution in [-0.2, 0) is 9.53 Å². The molecular formula is C24H33NO2. The second kappa shape index (κ2) is 15.9. The maximum Gasteiger partial charge on any atom is 0.348 e. The van der Waals surface area contributed by atoms with E-state index in [2.05, 4.69) is 6.92 Å².